The fourth-order valence-electron chi connectivity index (χ4n) is 9.89. The van der Waals surface area contributed by atoms with E-state index in [1.165, 1.54) is 135 Å². The Bertz CT molecular complexity index is 5050. The van der Waals surface area contributed by atoms with Gasteiger partial charge in [-0.3, -0.25) is 28.8 Å². The second kappa shape index (κ2) is 35.2. The van der Waals surface area contributed by atoms with Gasteiger partial charge in [-0.1, -0.05) is 12.1 Å². The third kappa shape index (κ3) is 18.8. The van der Waals surface area contributed by atoms with Crippen LogP contribution in [-0.2, 0) is 59.9 Å². The molecule has 104 heavy (non-hydrogen) atoms. The van der Waals surface area contributed by atoms with Crippen LogP contribution < -0.4 is 37.9 Å². The van der Waals surface area contributed by atoms with Crippen molar-refractivity contribution in [1.82, 2.24) is 11.9 Å². The van der Waals surface area contributed by atoms with Crippen LogP contribution in [0.1, 0.15) is 48.6 Å². The zero-order valence-corrected chi connectivity index (χ0v) is 60.4. The summed E-state index contributed by atoms with van der Waals surface area (Å²) in [4.78, 5) is 63.9. The van der Waals surface area contributed by atoms with Crippen molar-refractivity contribution in [2.45, 2.75) is 32.4 Å². The van der Waals surface area contributed by atoms with Gasteiger partial charge in [-0.05, 0) is 181 Å². The summed E-state index contributed by atoms with van der Waals surface area (Å²) in [6.07, 6.45) is 8.71. The van der Waals surface area contributed by atoms with Crippen LogP contribution in [0.25, 0.3) is 38.3 Å². The second-order valence-corrected chi connectivity index (χ2v) is 29.3. The van der Waals surface area contributed by atoms with Crippen molar-refractivity contribution in [3.05, 3.63) is 222 Å². The van der Waals surface area contributed by atoms with E-state index in [0.717, 1.165) is 41.5 Å². The van der Waals surface area contributed by atoms with Crippen LogP contribution in [0.3, 0.4) is 0 Å². The number of aldehydes is 4. The Balaban J connectivity index is 0.000000182. The first kappa shape index (κ1) is 79.6. The molecule has 0 saturated heterocycles. The van der Waals surface area contributed by atoms with E-state index in [1.54, 1.807) is 98.1 Å². The van der Waals surface area contributed by atoms with Gasteiger partial charge < -0.3 is 48.1 Å². The number of halogens is 1. The summed E-state index contributed by atoms with van der Waals surface area (Å²) in [5.41, 5.74) is 5.05. The molecule has 0 atom stereocenters. The van der Waals surface area contributed by atoms with Gasteiger partial charge in [0.1, 0.15) is 58.7 Å². The van der Waals surface area contributed by atoms with E-state index in [0.29, 0.717) is 91.8 Å². The normalized spacial score (nSPS) is 11.4. The molecule has 0 fully saturated rings. The minimum Gasteiger partial charge on any atom is -0.497 e. The van der Waals surface area contributed by atoms with Crippen LogP contribution >= 0.6 is 10.7 Å². The summed E-state index contributed by atoms with van der Waals surface area (Å²) in [6.45, 7) is 0. The van der Waals surface area contributed by atoms with Crippen molar-refractivity contribution in [3.8, 4) is 46.0 Å². The lowest BCUT2D eigenvalue weighted by atomic mass is 10.1. The maximum absolute atomic E-state index is 12.9. The highest BCUT2D eigenvalue weighted by atomic mass is 35.7. The van der Waals surface area contributed by atoms with Crippen molar-refractivity contribution in [1.29, 1.82) is 0 Å². The summed E-state index contributed by atoms with van der Waals surface area (Å²) in [5, 5.41) is 17.0. The van der Waals surface area contributed by atoms with Crippen LogP contribution in [0.5, 0.6) is 46.0 Å². The van der Waals surface area contributed by atoms with Gasteiger partial charge in [-0.15, -0.1) is 0 Å². The summed E-state index contributed by atoms with van der Waals surface area (Å²) >= 11 is 0. The van der Waals surface area contributed by atoms with Gasteiger partial charge in [0.25, 0.3) is 39.1 Å². The molecule has 0 spiro atoms. The predicted molar refractivity (Wildman–Crippen MR) is 385 cm³/mol. The Morgan fingerprint density at radius 3 is 0.875 bits per heavy atom. The average molecular weight is 1520 g/mol. The lowest BCUT2D eigenvalue weighted by molar-refractivity contribution is -0.147. The van der Waals surface area contributed by atoms with Gasteiger partial charge in [-0.2, -0.15) is 0 Å². The third-order valence-electron chi connectivity index (χ3n) is 15.2. The fraction of sp³-hybridized carbons (Fsp3) is 0.139. The molecule has 12 rings (SSSR count). The maximum atomic E-state index is 12.9. The Labute approximate surface area is 601 Å². The zero-order valence-electron chi connectivity index (χ0n) is 56.4. The molecule has 8 aromatic carbocycles. The topological polar surface area (TPSA) is 368 Å². The molecule has 3 aromatic heterocycles. The van der Waals surface area contributed by atoms with Gasteiger partial charge in [0.05, 0.1) is 93.0 Å². The Morgan fingerprint density at radius 2 is 0.635 bits per heavy atom. The number of hydrogen-bond acceptors (Lipinski definition) is 22. The average Bonchev–Trinajstić information content (AvgIpc) is 1.62. The second-order valence-electron chi connectivity index (χ2n) is 21.3. The molecule has 0 amide bonds. The molecule has 27 nitrogen and oxygen atoms in total. The number of fused-ring (bicyclic) bond motifs is 4. The molecule has 0 radical (unpaired) electrons. The molecule has 1 aliphatic carbocycles. The van der Waals surface area contributed by atoms with Gasteiger partial charge in [0.15, 0.2) is 18.9 Å². The smallest absolute Gasteiger partial charge is 0.314 e. The predicted octanol–water partition coefficient (Wildman–Crippen LogP) is 11.1. The number of carbonyl (C=O) groups excluding carboxylic acids is 4. The minimum atomic E-state index is -3.84. The number of rotatable bonds is 21. The van der Waals surface area contributed by atoms with Gasteiger partial charge in [-0.25, -0.2) is 45.6 Å². The fourth-order valence-corrected chi connectivity index (χ4v) is 14.8. The summed E-state index contributed by atoms with van der Waals surface area (Å²) in [7, 11) is 2.13. The van der Waals surface area contributed by atoms with Crippen LogP contribution in [0.2, 0.25) is 0 Å². The molecule has 0 bridgehead atoms. The number of methoxy groups -OCH3 is 8. The molecule has 3 heterocycles. The van der Waals surface area contributed by atoms with Crippen LogP contribution in [-0.4, -0.2) is 150 Å². The largest absolute Gasteiger partial charge is 0.497 e. The van der Waals surface area contributed by atoms with Crippen molar-refractivity contribution < 1.29 is 111 Å². The molecule has 11 aromatic rings. The molecular weight excluding hydrogens is 1450 g/mol. The van der Waals surface area contributed by atoms with E-state index in [1.807, 2.05) is 24.3 Å². The molecule has 0 saturated carbocycles. The number of nitrogens with zero attached hydrogens (tertiary/aromatic N) is 3. The molecule has 544 valence electrons. The van der Waals surface area contributed by atoms with Crippen LogP contribution in [0.15, 0.2) is 214 Å². The monoisotopic (exact) mass is 1520 g/mol. The first-order chi connectivity index (χ1) is 49.5. The summed E-state index contributed by atoms with van der Waals surface area (Å²) in [6, 6.07) is 44.6. The molecule has 1 aliphatic rings. The SMILES string of the molecule is COc1ccc(S(=O)(=O)Cl)cc1.COc1ccc(S(=O)(=O)n2cc(C=O)c3cc(OC)ccc32)cc1.COc1ccc(S(=O)(=O)n2cc(C=O)c3cc(OC)ccc32)cc1.COc1ccc(S(=O)(=O)n2cc(C=O)c3cc(OC)ccc32)cc1.COc1ccc2c(c1)C(C=O)=CC2.O=C(O)CC(=O)O. The summed E-state index contributed by atoms with van der Waals surface area (Å²) < 4.78 is 143. The lowest BCUT2D eigenvalue weighted by Gasteiger charge is -2.08. The van der Waals surface area contributed by atoms with Crippen molar-refractivity contribution in [2.24, 2.45) is 0 Å². The van der Waals surface area contributed by atoms with E-state index in [2.05, 4.69) is 0 Å². The van der Waals surface area contributed by atoms with Crippen LogP contribution in [0.4, 0.5) is 0 Å². The van der Waals surface area contributed by atoms with E-state index >= 15 is 0 Å². The Morgan fingerprint density at radius 1 is 0.375 bits per heavy atom. The van der Waals surface area contributed by atoms with Crippen molar-refractivity contribution in [2.75, 3.05) is 56.9 Å². The van der Waals surface area contributed by atoms with E-state index in [-0.39, 0.29) is 36.3 Å². The highest BCUT2D eigenvalue weighted by Gasteiger charge is 2.25. The number of aliphatic carboxylic acids is 2. The minimum absolute atomic E-state index is 0.0740. The highest BCUT2D eigenvalue weighted by Crippen LogP contribution is 2.34. The van der Waals surface area contributed by atoms with E-state index < -0.39 is 57.5 Å². The number of carbonyl (C=O) groups is 6. The number of benzene rings is 8. The molecule has 32 heteroatoms. The van der Waals surface area contributed by atoms with Gasteiger partial charge in [0.2, 0.25) is 0 Å². The van der Waals surface area contributed by atoms with Crippen molar-refractivity contribution >= 4 is 125 Å². The summed E-state index contributed by atoms with van der Waals surface area (Å²) in [5.74, 6) is 2.09. The number of aromatic nitrogens is 3. The Kier molecular flexibility index (Phi) is 26.9. The zero-order chi connectivity index (χ0) is 76.3. The molecule has 0 aliphatic heterocycles. The molecule has 2 N–H and O–H groups in total. The van der Waals surface area contributed by atoms with Crippen LogP contribution in [0, 0.1) is 0 Å². The number of hydrogen-bond donors (Lipinski definition) is 2. The van der Waals surface area contributed by atoms with Gasteiger partial charge >= 0.3 is 11.9 Å². The lowest BCUT2D eigenvalue weighted by Crippen LogP contribution is -2.11. The third-order valence-corrected chi connectivity index (χ3v) is 21.6. The van der Waals surface area contributed by atoms with Crippen molar-refractivity contribution in [3.63, 3.8) is 0 Å². The highest BCUT2D eigenvalue weighted by molar-refractivity contribution is 8.13. The van der Waals surface area contributed by atoms with Gasteiger partial charge in [0, 0.05) is 67.7 Å². The number of ether oxygens (including phenoxy) is 8. The molecule has 0 unspecified atom stereocenters. The first-order valence-electron chi connectivity index (χ1n) is 30.0. The number of carboxylic acid groups (broad SMARTS) is 2. The molecular formula is C72H66ClN3O24S4. The number of carboxylic acids is 2. The van der Waals surface area contributed by atoms with E-state index in [4.69, 9.17) is 58.8 Å². The van der Waals surface area contributed by atoms with E-state index in [9.17, 15) is 62.4 Å². The Hall–Kier alpha value is -11.8. The number of allylic oxidation sites excluding steroid dienone is 2. The standard InChI is InChI=1S/3C17H15NO5S.C11H10O2.C7H7ClO3S.C3H4O4/c3*1-22-13-3-6-15(7-4-13)24(20,21)18-10-12(11-19)16-9-14(23-2)5-8-17(16)18;1-13-10-5-4-8-2-3-9(7-12)11(8)6-10;1-11-6-2-4-7(5-3-6)12(8,9)10;4-2(5)1-3(6)7/h3*3-11H,1-2H3;3-7H,2H2,1H3;2-5H,1H3;1H2,(H,4,5)(H,6,7). The first-order valence-corrected chi connectivity index (χ1v) is 36.6. The maximum Gasteiger partial charge on any atom is 0.314 e. The quantitative estimate of drug-likeness (QED) is 0.0383.